The van der Waals surface area contributed by atoms with Crippen LogP contribution in [0.3, 0.4) is 0 Å². The van der Waals surface area contributed by atoms with Crippen LogP contribution < -0.4 is 10.6 Å². The van der Waals surface area contributed by atoms with Crippen LogP contribution in [0.2, 0.25) is 0 Å². The minimum Gasteiger partial charge on any atom is -0.340 e. The van der Waals surface area contributed by atoms with Crippen molar-refractivity contribution >= 4 is 28.7 Å². The lowest BCUT2D eigenvalue weighted by atomic mass is 10.0. The first-order valence-corrected chi connectivity index (χ1v) is 7.90. The Morgan fingerprint density at radius 2 is 1.95 bits per heavy atom. The van der Waals surface area contributed by atoms with Crippen molar-refractivity contribution in [2.45, 2.75) is 19.9 Å². The number of benzene rings is 1. The summed E-state index contributed by atoms with van der Waals surface area (Å²) < 4.78 is 0. The molecule has 1 aromatic carbocycles. The molecule has 1 heterocycles. The summed E-state index contributed by atoms with van der Waals surface area (Å²) in [6, 6.07) is 8.30. The van der Waals surface area contributed by atoms with Gasteiger partial charge in [-0.3, -0.25) is 14.6 Å². The SMILES string of the molecule is CC(C)[C@@H](NC(=O)c1ccccc1)C(=O)NC1=NCCS1. The average molecular weight is 305 g/mol. The highest BCUT2D eigenvalue weighted by molar-refractivity contribution is 8.14. The summed E-state index contributed by atoms with van der Waals surface area (Å²) in [5.74, 6) is 0.413. The quantitative estimate of drug-likeness (QED) is 0.889. The molecule has 1 atom stereocenters. The molecular formula is C15H19N3O2S. The van der Waals surface area contributed by atoms with E-state index >= 15 is 0 Å². The van der Waals surface area contributed by atoms with Gasteiger partial charge in [0.2, 0.25) is 5.91 Å². The number of amidine groups is 1. The Labute approximate surface area is 128 Å². The van der Waals surface area contributed by atoms with Crippen molar-refractivity contribution in [3.05, 3.63) is 35.9 Å². The minimum absolute atomic E-state index is 0.00957. The Balaban J connectivity index is 2.01. The molecule has 1 aliphatic rings. The third-order valence-corrected chi connectivity index (χ3v) is 3.98. The molecule has 2 amide bonds. The standard InChI is InChI=1S/C15H19N3O2S/c1-10(2)12(14(20)18-15-16-8-9-21-15)17-13(19)11-6-4-3-5-7-11/h3-7,10,12H,8-9H2,1-2H3,(H,17,19)(H,16,18,20)/t12-/m1/s1. The topological polar surface area (TPSA) is 70.6 Å². The zero-order valence-corrected chi connectivity index (χ0v) is 12.9. The Kier molecular flexibility index (Phi) is 5.38. The largest absolute Gasteiger partial charge is 0.340 e. The zero-order chi connectivity index (χ0) is 15.2. The van der Waals surface area contributed by atoms with Gasteiger partial charge in [0, 0.05) is 11.3 Å². The predicted octanol–water partition coefficient (Wildman–Crippen LogP) is 1.66. The van der Waals surface area contributed by atoms with E-state index in [9.17, 15) is 9.59 Å². The van der Waals surface area contributed by atoms with Crippen molar-refractivity contribution in [2.24, 2.45) is 10.9 Å². The van der Waals surface area contributed by atoms with Crippen LogP contribution in [-0.2, 0) is 4.79 Å². The number of nitrogens with one attached hydrogen (secondary N) is 2. The van der Waals surface area contributed by atoms with Crippen molar-refractivity contribution in [3.63, 3.8) is 0 Å². The van der Waals surface area contributed by atoms with Crippen LogP contribution in [0.4, 0.5) is 0 Å². The highest BCUT2D eigenvalue weighted by Crippen LogP contribution is 2.11. The van der Waals surface area contributed by atoms with Crippen LogP contribution in [0, 0.1) is 5.92 Å². The number of hydrogen-bond donors (Lipinski definition) is 2. The Morgan fingerprint density at radius 3 is 2.52 bits per heavy atom. The number of hydrogen-bond acceptors (Lipinski definition) is 4. The molecule has 1 aliphatic heterocycles. The third kappa shape index (κ3) is 4.32. The maximum atomic E-state index is 12.3. The fraction of sp³-hybridized carbons (Fsp3) is 0.400. The van der Waals surface area contributed by atoms with Gasteiger partial charge >= 0.3 is 0 Å². The van der Waals surface area contributed by atoms with Crippen molar-refractivity contribution < 1.29 is 9.59 Å². The van der Waals surface area contributed by atoms with Gasteiger partial charge in [-0.1, -0.05) is 43.8 Å². The molecule has 0 saturated carbocycles. The van der Waals surface area contributed by atoms with Crippen molar-refractivity contribution in [1.29, 1.82) is 0 Å². The first-order valence-electron chi connectivity index (χ1n) is 6.92. The Hall–Kier alpha value is -1.82. The van der Waals surface area contributed by atoms with Crippen molar-refractivity contribution in [1.82, 2.24) is 10.6 Å². The van der Waals surface area contributed by atoms with Gasteiger partial charge in [0.05, 0.1) is 6.54 Å². The number of thioether (sulfide) groups is 1. The lowest BCUT2D eigenvalue weighted by Crippen LogP contribution is -2.50. The van der Waals surface area contributed by atoms with Crippen molar-refractivity contribution in [3.8, 4) is 0 Å². The zero-order valence-electron chi connectivity index (χ0n) is 12.1. The Bertz CT molecular complexity index is 543. The molecule has 5 nitrogen and oxygen atoms in total. The molecule has 0 aromatic heterocycles. The number of rotatable bonds is 4. The predicted molar refractivity (Wildman–Crippen MR) is 85.4 cm³/mol. The molecule has 0 spiro atoms. The number of carbonyl (C=O) groups is 2. The summed E-state index contributed by atoms with van der Waals surface area (Å²) in [5.41, 5.74) is 0.545. The van der Waals surface area contributed by atoms with Gasteiger partial charge in [0.1, 0.15) is 6.04 Å². The van der Waals surface area contributed by atoms with Gasteiger partial charge in [0.25, 0.3) is 5.91 Å². The molecule has 0 aliphatic carbocycles. The summed E-state index contributed by atoms with van der Waals surface area (Å²) >= 11 is 1.52. The molecule has 2 rings (SSSR count). The maximum Gasteiger partial charge on any atom is 0.251 e. The maximum absolute atomic E-state index is 12.3. The summed E-state index contributed by atoms with van der Waals surface area (Å²) in [6.45, 7) is 4.53. The minimum atomic E-state index is -0.582. The van der Waals surface area contributed by atoms with Crippen molar-refractivity contribution in [2.75, 3.05) is 12.3 Å². The number of amides is 2. The van der Waals surface area contributed by atoms with Gasteiger partial charge in [-0.15, -0.1) is 0 Å². The molecule has 0 bridgehead atoms. The van der Waals surface area contributed by atoms with E-state index in [1.54, 1.807) is 24.3 Å². The molecule has 0 saturated heterocycles. The molecule has 2 N–H and O–H groups in total. The first-order chi connectivity index (χ1) is 10.1. The second kappa shape index (κ2) is 7.26. The van der Waals surface area contributed by atoms with E-state index in [0.29, 0.717) is 10.7 Å². The van der Waals surface area contributed by atoms with E-state index in [4.69, 9.17) is 0 Å². The fourth-order valence-electron chi connectivity index (χ4n) is 1.94. The molecule has 21 heavy (non-hydrogen) atoms. The second-order valence-corrected chi connectivity index (χ2v) is 6.17. The van der Waals surface area contributed by atoms with Gasteiger partial charge in [-0.2, -0.15) is 0 Å². The second-order valence-electron chi connectivity index (χ2n) is 5.09. The number of carbonyl (C=O) groups excluding carboxylic acids is 2. The van der Waals surface area contributed by atoms with Crippen LogP contribution in [0.1, 0.15) is 24.2 Å². The van der Waals surface area contributed by atoms with Gasteiger partial charge < -0.3 is 10.6 Å². The molecule has 0 unspecified atom stereocenters. The molecule has 1 aromatic rings. The lowest BCUT2D eigenvalue weighted by Gasteiger charge is -2.21. The van der Waals surface area contributed by atoms with Crippen LogP contribution in [-0.4, -0.2) is 35.3 Å². The summed E-state index contributed by atoms with van der Waals surface area (Å²) in [4.78, 5) is 28.7. The first kappa shape index (κ1) is 15.6. The smallest absolute Gasteiger partial charge is 0.251 e. The molecule has 112 valence electrons. The van der Waals surface area contributed by atoms with Crippen LogP contribution >= 0.6 is 11.8 Å². The third-order valence-electron chi connectivity index (χ3n) is 3.09. The summed E-state index contributed by atoms with van der Waals surface area (Å²) in [5, 5.41) is 6.21. The van der Waals surface area contributed by atoms with E-state index in [2.05, 4.69) is 15.6 Å². The van der Waals surface area contributed by atoms with E-state index < -0.39 is 6.04 Å². The molecular weight excluding hydrogens is 286 g/mol. The van der Waals surface area contributed by atoms with E-state index in [1.165, 1.54) is 11.8 Å². The number of nitrogens with zero attached hydrogens (tertiary/aromatic N) is 1. The highest BCUT2D eigenvalue weighted by atomic mass is 32.2. The van der Waals surface area contributed by atoms with E-state index in [0.717, 1.165) is 12.3 Å². The van der Waals surface area contributed by atoms with Gasteiger partial charge in [-0.05, 0) is 18.1 Å². The van der Waals surface area contributed by atoms with Crippen LogP contribution in [0.5, 0.6) is 0 Å². The normalized spacial score (nSPS) is 15.5. The summed E-state index contributed by atoms with van der Waals surface area (Å²) in [6.07, 6.45) is 0. The van der Waals surface area contributed by atoms with E-state index in [1.807, 2.05) is 19.9 Å². The van der Waals surface area contributed by atoms with Crippen LogP contribution in [0.15, 0.2) is 35.3 Å². The molecule has 6 heteroatoms. The fourth-order valence-corrected chi connectivity index (χ4v) is 2.67. The summed E-state index contributed by atoms with van der Waals surface area (Å²) in [7, 11) is 0. The Morgan fingerprint density at radius 1 is 1.24 bits per heavy atom. The molecule has 0 radical (unpaired) electrons. The lowest BCUT2D eigenvalue weighted by molar-refractivity contribution is -0.122. The van der Waals surface area contributed by atoms with Crippen LogP contribution in [0.25, 0.3) is 0 Å². The highest BCUT2D eigenvalue weighted by Gasteiger charge is 2.26. The van der Waals surface area contributed by atoms with Gasteiger partial charge in [0.15, 0.2) is 5.17 Å². The van der Waals surface area contributed by atoms with Gasteiger partial charge in [-0.25, -0.2) is 0 Å². The number of aliphatic imine (C=N–C) groups is 1. The van der Waals surface area contributed by atoms with E-state index in [-0.39, 0.29) is 17.7 Å². The monoisotopic (exact) mass is 305 g/mol. The average Bonchev–Trinajstić information content (AvgIpc) is 2.97. The molecule has 0 fully saturated rings.